The highest BCUT2D eigenvalue weighted by molar-refractivity contribution is 7.78. The van der Waals surface area contributed by atoms with E-state index in [0.717, 1.165) is 28.8 Å². The number of nitrogens with zero attached hydrogens (tertiary/aromatic N) is 3. The van der Waals surface area contributed by atoms with Crippen LogP contribution in [-0.2, 0) is 16.8 Å². The van der Waals surface area contributed by atoms with Crippen LogP contribution in [0.15, 0.2) is 73.2 Å². The quantitative estimate of drug-likeness (QED) is 0.185. The SMILES string of the molecule is CCCC(=N)c1cncc(-c2ccnc(Nc3cc(NC(=O)c4ccc(CS(=O)[O-])cc4)ccc3C)n2)c1. The van der Waals surface area contributed by atoms with Crippen LogP contribution in [0.25, 0.3) is 11.3 Å². The van der Waals surface area contributed by atoms with Crippen molar-refractivity contribution in [1.29, 1.82) is 5.41 Å². The first kappa shape index (κ1) is 26.8. The van der Waals surface area contributed by atoms with Crippen LogP contribution in [-0.4, -0.2) is 35.3 Å². The fraction of sp³-hybridized carbons (Fsp3) is 0.179. The van der Waals surface area contributed by atoms with E-state index in [9.17, 15) is 13.6 Å². The number of amides is 1. The summed E-state index contributed by atoms with van der Waals surface area (Å²) in [6.07, 6.45) is 6.63. The molecule has 0 saturated heterocycles. The van der Waals surface area contributed by atoms with Gasteiger partial charge in [0.15, 0.2) is 0 Å². The standard InChI is InChI=1S/C28H28N6O3S/c1-3-4-24(29)21-13-22(16-30-15-21)25-11-12-31-28(33-25)34-26-14-23(10-5-18(26)2)32-27(35)20-8-6-19(7-9-20)17-38(36)37/h5-16,29H,3-4,17H2,1-2H3,(H,32,35)(H,36,37)(H,31,33,34)/p-1. The predicted octanol–water partition coefficient (Wildman–Crippen LogP) is 5.39. The maximum atomic E-state index is 12.7. The van der Waals surface area contributed by atoms with Gasteiger partial charge in [-0.3, -0.25) is 14.0 Å². The Kier molecular flexibility index (Phi) is 8.67. The highest BCUT2D eigenvalue weighted by Gasteiger charge is 2.11. The number of hydrogen-bond donors (Lipinski definition) is 3. The molecule has 38 heavy (non-hydrogen) atoms. The number of hydrogen-bond acceptors (Lipinski definition) is 8. The van der Waals surface area contributed by atoms with Gasteiger partial charge in [0.25, 0.3) is 5.91 Å². The second-order valence-electron chi connectivity index (χ2n) is 8.71. The van der Waals surface area contributed by atoms with Crippen LogP contribution in [0.5, 0.6) is 0 Å². The highest BCUT2D eigenvalue weighted by atomic mass is 32.2. The molecule has 194 valence electrons. The molecule has 0 fully saturated rings. The van der Waals surface area contributed by atoms with Crippen molar-refractivity contribution in [2.24, 2.45) is 0 Å². The Morgan fingerprint density at radius 1 is 1.05 bits per heavy atom. The molecule has 0 bridgehead atoms. The predicted molar refractivity (Wildman–Crippen MR) is 148 cm³/mol. The van der Waals surface area contributed by atoms with Crippen LogP contribution >= 0.6 is 0 Å². The summed E-state index contributed by atoms with van der Waals surface area (Å²) in [6.45, 7) is 3.97. The van der Waals surface area contributed by atoms with Crippen molar-refractivity contribution < 1.29 is 13.6 Å². The lowest BCUT2D eigenvalue weighted by Crippen LogP contribution is -2.12. The highest BCUT2D eigenvalue weighted by Crippen LogP contribution is 2.25. The van der Waals surface area contributed by atoms with Crippen LogP contribution in [0, 0.1) is 12.3 Å². The molecule has 0 aliphatic heterocycles. The van der Waals surface area contributed by atoms with Crippen molar-refractivity contribution >= 4 is 40.0 Å². The molecule has 4 aromatic rings. The third-order valence-corrected chi connectivity index (χ3v) is 6.35. The van der Waals surface area contributed by atoms with E-state index in [4.69, 9.17) is 5.41 Å². The summed E-state index contributed by atoms with van der Waals surface area (Å²) >= 11 is -2.18. The van der Waals surface area contributed by atoms with Gasteiger partial charge in [0.1, 0.15) is 0 Å². The molecular formula is C28H27N6O3S-. The molecule has 1 atom stereocenters. The molecule has 0 radical (unpaired) electrons. The third kappa shape index (κ3) is 6.93. The number of pyridine rings is 1. The van der Waals surface area contributed by atoms with Gasteiger partial charge in [-0.2, -0.15) is 0 Å². The molecule has 0 spiro atoms. The zero-order valence-electron chi connectivity index (χ0n) is 21.0. The molecule has 2 aromatic heterocycles. The van der Waals surface area contributed by atoms with Crippen molar-refractivity contribution in [3.05, 3.63) is 95.4 Å². The van der Waals surface area contributed by atoms with E-state index in [1.807, 2.05) is 26.0 Å². The topological polar surface area (TPSA) is 144 Å². The Morgan fingerprint density at radius 3 is 2.58 bits per heavy atom. The molecular weight excluding hydrogens is 500 g/mol. The number of carbonyl (C=O) groups excluding carboxylic acids is 1. The van der Waals surface area contributed by atoms with Crippen LogP contribution in [0.2, 0.25) is 0 Å². The normalized spacial score (nSPS) is 11.6. The summed E-state index contributed by atoms with van der Waals surface area (Å²) in [6, 6.07) is 15.6. The maximum absolute atomic E-state index is 12.7. The van der Waals surface area contributed by atoms with Crippen molar-refractivity contribution in [2.75, 3.05) is 10.6 Å². The maximum Gasteiger partial charge on any atom is 0.255 e. The van der Waals surface area contributed by atoms with E-state index in [0.29, 0.717) is 40.6 Å². The van der Waals surface area contributed by atoms with Crippen molar-refractivity contribution in [3.8, 4) is 11.3 Å². The second kappa shape index (κ2) is 12.3. The molecule has 1 amide bonds. The average molecular weight is 528 g/mol. The van der Waals surface area contributed by atoms with Gasteiger partial charge in [0.2, 0.25) is 5.95 Å². The van der Waals surface area contributed by atoms with Crippen LogP contribution in [0.1, 0.15) is 46.8 Å². The Morgan fingerprint density at radius 2 is 1.84 bits per heavy atom. The largest absolute Gasteiger partial charge is 0.772 e. The number of aryl methyl sites for hydroxylation is 1. The zero-order valence-corrected chi connectivity index (χ0v) is 21.8. The van der Waals surface area contributed by atoms with Gasteiger partial charge in [0, 0.05) is 58.1 Å². The van der Waals surface area contributed by atoms with Gasteiger partial charge in [-0.05, 0) is 60.9 Å². The van der Waals surface area contributed by atoms with E-state index in [1.54, 1.807) is 61.1 Å². The smallest absolute Gasteiger partial charge is 0.255 e. The number of anilines is 3. The summed E-state index contributed by atoms with van der Waals surface area (Å²) in [5.74, 6) is -0.0220. The lowest BCUT2D eigenvalue weighted by molar-refractivity contribution is 0.102. The number of nitrogens with one attached hydrogen (secondary N) is 3. The molecule has 2 heterocycles. The summed E-state index contributed by atoms with van der Waals surface area (Å²) in [5.41, 5.74) is 6.04. The van der Waals surface area contributed by atoms with Crippen LogP contribution < -0.4 is 10.6 Å². The first-order valence-corrected chi connectivity index (χ1v) is 13.3. The summed E-state index contributed by atoms with van der Waals surface area (Å²) in [7, 11) is 0. The van der Waals surface area contributed by atoms with Crippen LogP contribution in [0.4, 0.5) is 17.3 Å². The van der Waals surface area contributed by atoms with Gasteiger partial charge >= 0.3 is 0 Å². The summed E-state index contributed by atoms with van der Waals surface area (Å²) < 4.78 is 21.7. The van der Waals surface area contributed by atoms with E-state index < -0.39 is 11.1 Å². The first-order valence-electron chi connectivity index (χ1n) is 12.0. The fourth-order valence-corrected chi connectivity index (χ4v) is 4.23. The lowest BCUT2D eigenvalue weighted by Gasteiger charge is -2.13. The Hall–Kier alpha value is -4.28. The third-order valence-electron chi connectivity index (χ3n) is 5.78. The molecule has 9 nitrogen and oxygen atoms in total. The molecule has 4 rings (SSSR count). The monoisotopic (exact) mass is 527 g/mol. The molecule has 0 aliphatic rings. The van der Waals surface area contributed by atoms with Crippen molar-refractivity contribution in [1.82, 2.24) is 15.0 Å². The molecule has 0 saturated carbocycles. The minimum atomic E-state index is -2.18. The molecule has 3 N–H and O–H groups in total. The minimum Gasteiger partial charge on any atom is -0.772 e. The number of benzene rings is 2. The zero-order chi connectivity index (χ0) is 27.1. The van der Waals surface area contributed by atoms with Gasteiger partial charge in [-0.15, -0.1) is 0 Å². The van der Waals surface area contributed by atoms with E-state index in [2.05, 4.69) is 25.6 Å². The summed E-state index contributed by atoms with van der Waals surface area (Å²) in [5, 5.41) is 14.3. The second-order valence-corrected chi connectivity index (χ2v) is 9.61. The lowest BCUT2D eigenvalue weighted by atomic mass is 10.1. The van der Waals surface area contributed by atoms with Crippen LogP contribution in [0.3, 0.4) is 0 Å². The van der Waals surface area contributed by atoms with Gasteiger partial charge in [0.05, 0.1) is 5.69 Å². The van der Waals surface area contributed by atoms with E-state index in [1.165, 1.54) is 0 Å². The average Bonchev–Trinajstić information content (AvgIpc) is 2.91. The number of aromatic nitrogens is 3. The number of rotatable bonds is 10. The Balaban J connectivity index is 1.50. The fourth-order valence-electron chi connectivity index (χ4n) is 3.77. The minimum absolute atomic E-state index is 0.0946. The Labute approximate surface area is 223 Å². The molecule has 10 heteroatoms. The first-order chi connectivity index (χ1) is 18.3. The molecule has 0 aliphatic carbocycles. The molecule has 1 unspecified atom stereocenters. The van der Waals surface area contributed by atoms with Crippen molar-refractivity contribution in [3.63, 3.8) is 0 Å². The van der Waals surface area contributed by atoms with Gasteiger partial charge < -0.3 is 20.6 Å². The number of carbonyl (C=O) groups is 1. The van der Waals surface area contributed by atoms with Crippen molar-refractivity contribution in [2.45, 2.75) is 32.4 Å². The van der Waals surface area contributed by atoms with E-state index >= 15 is 0 Å². The Bertz CT molecular complexity index is 1490. The van der Waals surface area contributed by atoms with E-state index in [-0.39, 0.29) is 11.7 Å². The van der Waals surface area contributed by atoms with Gasteiger partial charge in [-0.1, -0.05) is 42.6 Å². The molecule has 2 aromatic carbocycles. The summed E-state index contributed by atoms with van der Waals surface area (Å²) in [4.78, 5) is 26.0. The van der Waals surface area contributed by atoms with Gasteiger partial charge in [-0.25, -0.2) is 9.97 Å².